The summed E-state index contributed by atoms with van der Waals surface area (Å²) in [6.07, 6.45) is 3.74. The van der Waals surface area contributed by atoms with Gasteiger partial charge in [0.25, 0.3) is 0 Å². The van der Waals surface area contributed by atoms with Gasteiger partial charge in [-0.05, 0) is 49.8 Å². The van der Waals surface area contributed by atoms with Crippen LogP contribution in [0.25, 0.3) is 0 Å². The zero-order valence-electron chi connectivity index (χ0n) is 13.1. The van der Waals surface area contributed by atoms with Gasteiger partial charge < -0.3 is 0 Å². The van der Waals surface area contributed by atoms with E-state index in [0.717, 1.165) is 24.6 Å². The number of ketones is 1. The molecule has 1 saturated heterocycles. The van der Waals surface area contributed by atoms with Crippen LogP contribution in [0.1, 0.15) is 61.9 Å². The van der Waals surface area contributed by atoms with Crippen LogP contribution in [0.2, 0.25) is 0 Å². The van der Waals surface area contributed by atoms with Crippen molar-refractivity contribution in [2.24, 2.45) is 5.92 Å². The van der Waals surface area contributed by atoms with Crippen molar-refractivity contribution in [3.63, 3.8) is 0 Å². The Labute approximate surface area is 123 Å². The van der Waals surface area contributed by atoms with E-state index in [1.54, 1.807) is 0 Å². The lowest BCUT2D eigenvalue weighted by molar-refractivity contribution is 0.0932. The lowest BCUT2D eigenvalue weighted by Crippen LogP contribution is -2.31. The first-order valence-corrected chi connectivity index (χ1v) is 7.91. The average Bonchev–Trinajstić information content (AvgIpc) is 2.64. The molecule has 0 aromatic heterocycles. The maximum absolute atomic E-state index is 12.3. The zero-order valence-corrected chi connectivity index (χ0v) is 13.1. The Morgan fingerprint density at radius 1 is 1.20 bits per heavy atom. The molecule has 1 aliphatic rings. The van der Waals surface area contributed by atoms with Gasteiger partial charge in [0.1, 0.15) is 0 Å². The first-order valence-electron chi connectivity index (χ1n) is 7.91. The van der Waals surface area contributed by atoms with Crippen LogP contribution in [0, 0.1) is 5.92 Å². The molecule has 20 heavy (non-hydrogen) atoms. The standard InChI is InChI=1S/C18H27NO/c1-14(2)16-6-8-17(9-7-16)18(20)13-19-11-4-5-15(3)10-12-19/h6-9,14-15H,4-5,10-13H2,1-3H3. The summed E-state index contributed by atoms with van der Waals surface area (Å²) in [4.78, 5) is 14.7. The summed E-state index contributed by atoms with van der Waals surface area (Å²) >= 11 is 0. The molecule has 110 valence electrons. The largest absolute Gasteiger partial charge is 0.296 e. The molecule has 1 unspecified atom stereocenters. The molecule has 0 bridgehead atoms. The van der Waals surface area contributed by atoms with Gasteiger partial charge >= 0.3 is 0 Å². The number of rotatable bonds is 4. The molecule has 1 atom stereocenters. The number of Topliss-reactive ketones (excluding diaryl/α,β-unsaturated/α-hetero) is 1. The Kier molecular flexibility index (Phi) is 5.36. The highest BCUT2D eigenvalue weighted by molar-refractivity contribution is 5.97. The number of benzene rings is 1. The molecule has 1 aliphatic heterocycles. The van der Waals surface area contributed by atoms with Gasteiger partial charge in [-0.2, -0.15) is 0 Å². The van der Waals surface area contributed by atoms with Crippen molar-refractivity contribution in [3.8, 4) is 0 Å². The molecule has 0 saturated carbocycles. The van der Waals surface area contributed by atoms with E-state index in [1.807, 2.05) is 12.1 Å². The SMILES string of the molecule is CC1CCCN(CC(=O)c2ccc(C(C)C)cc2)CC1. The molecule has 2 heteroatoms. The topological polar surface area (TPSA) is 20.3 Å². The highest BCUT2D eigenvalue weighted by atomic mass is 16.1. The van der Waals surface area contributed by atoms with Gasteiger partial charge in [0.05, 0.1) is 6.54 Å². The molecule has 2 nitrogen and oxygen atoms in total. The molecule has 2 rings (SSSR count). The van der Waals surface area contributed by atoms with E-state index < -0.39 is 0 Å². The Bertz CT molecular complexity index is 435. The van der Waals surface area contributed by atoms with Crippen LogP contribution in [0.15, 0.2) is 24.3 Å². The smallest absolute Gasteiger partial charge is 0.176 e. The third-order valence-electron chi connectivity index (χ3n) is 4.38. The Morgan fingerprint density at radius 3 is 2.55 bits per heavy atom. The van der Waals surface area contributed by atoms with Gasteiger partial charge in [-0.3, -0.25) is 9.69 Å². The van der Waals surface area contributed by atoms with E-state index in [2.05, 4.69) is 37.8 Å². The number of hydrogen-bond donors (Lipinski definition) is 0. The predicted molar refractivity (Wildman–Crippen MR) is 84.3 cm³/mol. The van der Waals surface area contributed by atoms with Crippen molar-refractivity contribution in [2.45, 2.75) is 46.0 Å². The Balaban J connectivity index is 1.93. The minimum absolute atomic E-state index is 0.259. The van der Waals surface area contributed by atoms with Crippen molar-refractivity contribution in [2.75, 3.05) is 19.6 Å². The number of carbonyl (C=O) groups is 1. The van der Waals surface area contributed by atoms with E-state index in [4.69, 9.17) is 0 Å². The summed E-state index contributed by atoms with van der Waals surface area (Å²) in [7, 11) is 0. The third-order valence-corrected chi connectivity index (χ3v) is 4.38. The average molecular weight is 273 g/mol. The molecule has 0 amide bonds. The van der Waals surface area contributed by atoms with Crippen LogP contribution in [0.4, 0.5) is 0 Å². The van der Waals surface area contributed by atoms with Crippen molar-refractivity contribution >= 4 is 5.78 Å². The molecule has 0 radical (unpaired) electrons. The third kappa shape index (κ3) is 4.17. The summed E-state index contributed by atoms with van der Waals surface area (Å²) in [5.74, 6) is 1.58. The molecule has 0 aliphatic carbocycles. The maximum atomic E-state index is 12.3. The second-order valence-electron chi connectivity index (χ2n) is 6.51. The first-order chi connectivity index (χ1) is 9.56. The van der Waals surface area contributed by atoms with E-state index in [-0.39, 0.29) is 5.78 Å². The molecule has 1 fully saturated rings. The minimum atomic E-state index is 0.259. The summed E-state index contributed by atoms with van der Waals surface area (Å²) < 4.78 is 0. The van der Waals surface area contributed by atoms with Crippen LogP contribution in [0.3, 0.4) is 0 Å². The van der Waals surface area contributed by atoms with Crippen LogP contribution in [0.5, 0.6) is 0 Å². The highest BCUT2D eigenvalue weighted by Crippen LogP contribution is 2.18. The zero-order chi connectivity index (χ0) is 14.5. The minimum Gasteiger partial charge on any atom is -0.296 e. The second-order valence-corrected chi connectivity index (χ2v) is 6.51. The second kappa shape index (κ2) is 7.03. The number of carbonyl (C=O) groups excluding carboxylic acids is 1. The Morgan fingerprint density at radius 2 is 1.90 bits per heavy atom. The fraction of sp³-hybridized carbons (Fsp3) is 0.611. The maximum Gasteiger partial charge on any atom is 0.176 e. The van der Waals surface area contributed by atoms with Crippen LogP contribution >= 0.6 is 0 Å². The summed E-state index contributed by atoms with van der Waals surface area (Å²) in [6, 6.07) is 8.14. The molecule has 0 N–H and O–H groups in total. The van der Waals surface area contributed by atoms with Gasteiger partial charge in [-0.25, -0.2) is 0 Å². The molecule has 0 spiro atoms. The van der Waals surface area contributed by atoms with Crippen molar-refractivity contribution in [3.05, 3.63) is 35.4 Å². The summed E-state index contributed by atoms with van der Waals surface area (Å²) in [5, 5.41) is 0. The van der Waals surface area contributed by atoms with Crippen LogP contribution in [-0.2, 0) is 0 Å². The van der Waals surface area contributed by atoms with E-state index in [9.17, 15) is 4.79 Å². The summed E-state index contributed by atoms with van der Waals surface area (Å²) in [5.41, 5.74) is 2.15. The van der Waals surface area contributed by atoms with Crippen molar-refractivity contribution < 1.29 is 4.79 Å². The molecule has 1 heterocycles. The fourth-order valence-corrected chi connectivity index (χ4v) is 2.83. The lowest BCUT2D eigenvalue weighted by atomic mass is 10.0. The van der Waals surface area contributed by atoms with E-state index in [1.165, 1.54) is 24.8 Å². The fourth-order valence-electron chi connectivity index (χ4n) is 2.83. The van der Waals surface area contributed by atoms with Gasteiger partial charge in [0.15, 0.2) is 5.78 Å². The molecule has 1 aromatic rings. The monoisotopic (exact) mass is 273 g/mol. The summed E-state index contributed by atoms with van der Waals surface area (Å²) in [6.45, 7) is 9.38. The van der Waals surface area contributed by atoms with Gasteiger partial charge in [0.2, 0.25) is 0 Å². The Hall–Kier alpha value is -1.15. The number of hydrogen-bond acceptors (Lipinski definition) is 2. The quantitative estimate of drug-likeness (QED) is 0.769. The van der Waals surface area contributed by atoms with Crippen LogP contribution in [-0.4, -0.2) is 30.3 Å². The van der Waals surface area contributed by atoms with Gasteiger partial charge in [-0.15, -0.1) is 0 Å². The van der Waals surface area contributed by atoms with E-state index >= 15 is 0 Å². The highest BCUT2D eigenvalue weighted by Gasteiger charge is 2.17. The van der Waals surface area contributed by atoms with Crippen molar-refractivity contribution in [1.29, 1.82) is 0 Å². The van der Waals surface area contributed by atoms with Crippen LogP contribution < -0.4 is 0 Å². The predicted octanol–water partition coefficient (Wildman–Crippen LogP) is 4.11. The molecule has 1 aromatic carbocycles. The van der Waals surface area contributed by atoms with Gasteiger partial charge in [0, 0.05) is 5.56 Å². The molecular formula is C18H27NO. The molecular weight excluding hydrogens is 246 g/mol. The number of nitrogens with zero attached hydrogens (tertiary/aromatic N) is 1. The first kappa shape index (κ1) is 15.2. The lowest BCUT2D eigenvalue weighted by Gasteiger charge is -2.19. The van der Waals surface area contributed by atoms with Gasteiger partial charge in [-0.1, -0.05) is 45.0 Å². The normalized spacial score (nSPS) is 20.9. The van der Waals surface area contributed by atoms with E-state index in [0.29, 0.717) is 12.5 Å². The van der Waals surface area contributed by atoms with Crippen molar-refractivity contribution in [1.82, 2.24) is 4.90 Å². The number of likely N-dealkylation sites (tertiary alicyclic amines) is 1.